The molecule has 11 nitrogen and oxygen atoms in total. The molecular weight excluding hydrogens is 526 g/mol. The number of benzene rings is 2. The molecule has 0 radical (unpaired) electrons. The van der Waals surface area contributed by atoms with Crippen LogP contribution in [0.4, 0.5) is 22.2 Å². The van der Waals surface area contributed by atoms with Crippen molar-refractivity contribution in [1.82, 2.24) is 9.97 Å². The zero-order chi connectivity index (χ0) is 29.4. The largest absolute Gasteiger partial charge is 0.493 e. The van der Waals surface area contributed by atoms with Gasteiger partial charge < -0.3 is 30.5 Å². The van der Waals surface area contributed by atoms with E-state index in [1.807, 2.05) is 6.07 Å². The van der Waals surface area contributed by atoms with Gasteiger partial charge in [0.2, 0.25) is 5.95 Å². The Morgan fingerprint density at radius 1 is 1.05 bits per heavy atom. The maximum atomic E-state index is 12.7. The van der Waals surface area contributed by atoms with Gasteiger partial charge in [-0.25, -0.2) is 14.7 Å². The number of hydrogen-bond acceptors (Lipinski definition) is 9. The molecule has 1 aliphatic rings. The van der Waals surface area contributed by atoms with Crippen LogP contribution < -0.4 is 25.8 Å². The van der Waals surface area contributed by atoms with E-state index in [1.165, 1.54) is 64.0 Å². The number of furan rings is 1. The number of carbonyl (C=O) groups is 2. The molecule has 1 saturated carbocycles. The molecule has 0 saturated heterocycles. The van der Waals surface area contributed by atoms with Crippen molar-refractivity contribution in [3.8, 4) is 23.3 Å². The highest BCUT2D eigenvalue weighted by molar-refractivity contribution is 6.17. The van der Waals surface area contributed by atoms with E-state index in [1.54, 1.807) is 24.4 Å². The standard InChI is InChI=1S/C27H23N5O6.C3H6/c1-36-22-14-17(12-19-15-30-26(29)31-24(19)28)11-18(23(22)37-2)9-8-16-5-3-6-20(13-16)32(27(34)35)25(33)21-7-4-10-38-21;1-2-3-1/h3-7,10-11,13-15H,12H2,1-2H3,(H,34,35)(H4,28,29,30,31);1-3H2. The first-order valence-corrected chi connectivity index (χ1v) is 12.7. The fourth-order valence-electron chi connectivity index (χ4n) is 3.69. The minimum Gasteiger partial charge on any atom is -0.493 e. The van der Waals surface area contributed by atoms with Gasteiger partial charge in [0.05, 0.1) is 31.7 Å². The van der Waals surface area contributed by atoms with Crippen LogP contribution in [0.5, 0.6) is 11.5 Å². The van der Waals surface area contributed by atoms with E-state index >= 15 is 0 Å². The Morgan fingerprint density at radius 2 is 1.83 bits per heavy atom. The lowest BCUT2D eigenvalue weighted by Gasteiger charge is -2.16. The van der Waals surface area contributed by atoms with E-state index < -0.39 is 12.0 Å². The zero-order valence-electron chi connectivity index (χ0n) is 22.6. The fourth-order valence-corrected chi connectivity index (χ4v) is 3.69. The smallest absolute Gasteiger partial charge is 0.419 e. The van der Waals surface area contributed by atoms with Crippen LogP contribution in [0.25, 0.3) is 0 Å². The summed E-state index contributed by atoms with van der Waals surface area (Å²) in [6.07, 6.45) is 6.28. The molecule has 0 atom stereocenters. The number of carboxylic acid groups (broad SMARTS) is 1. The van der Waals surface area contributed by atoms with E-state index in [0.717, 1.165) is 5.56 Å². The first kappa shape index (κ1) is 28.5. The lowest BCUT2D eigenvalue weighted by atomic mass is 10.0. The molecule has 2 aromatic carbocycles. The van der Waals surface area contributed by atoms with Gasteiger partial charge >= 0.3 is 12.0 Å². The number of carbonyl (C=O) groups excluding carboxylic acids is 1. The molecule has 0 spiro atoms. The normalized spacial score (nSPS) is 11.3. The highest BCUT2D eigenvalue weighted by atomic mass is 16.5. The minimum atomic E-state index is -1.46. The molecular formula is C30H29N5O6. The third-order valence-electron chi connectivity index (χ3n) is 5.78. The van der Waals surface area contributed by atoms with Crippen LogP contribution in [0.15, 0.2) is 65.4 Å². The van der Waals surface area contributed by atoms with Crippen LogP contribution in [0.1, 0.15) is 52.1 Å². The third kappa shape index (κ3) is 7.33. The monoisotopic (exact) mass is 555 g/mol. The summed E-state index contributed by atoms with van der Waals surface area (Å²) in [5.41, 5.74) is 14.2. The molecule has 4 aromatic rings. The molecule has 41 heavy (non-hydrogen) atoms. The number of nitrogen functional groups attached to an aromatic ring is 2. The second kappa shape index (κ2) is 13.0. The zero-order valence-corrected chi connectivity index (χ0v) is 22.6. The summed E-state index contributed by atoms with van der Waals surface area (Å²) in [4.78, 5) is 33.2. The third-order valence-corrected chi connectivity index (χ3v) is 5.78. The number of nitrogens with zero attached hydrogens (tertiary/aromatic N) is 3. The molecule has 0 unspecified atom stereocenters. The Balaban J connectivity index is 0.00000121. The van der Waals surface area contributed by atoms with Crippen LogP contribution in [0.3, 0.4) is 0 Å². The molecule has 2 heterocycles. The highest BCUT2D eigenvalue weighted by Gasteiger charge is 2.26. The molecule has 0 aliphatic heterocycles. The topological polar surface area (TPSA) is 167 Å². The van der Waals surface area contributed by atoms with Crippen molar-refractivity contribution in [3.63, 3.8) is 0 Å². The number of amides is 2. The Morgan fingerprint density at radius 3 is 2.44 bits per heavy atom. The lowest BCUT2D eigenvalue weighted by Crippen LogP contribution is -2.35. The van der Waals surface area contributed by atoms with Crippen LogP contribution in [0.2, 0.25) is 0 Å². The van der Waals surface area contributed by atoms with Gasteiger partial charge in [-0.05, 0) is 48.0 Å². The first-order chi connectivity index (χ1) is 19.8. The van der Waals surface area contributed by atoms with Crippen molar-refractivity contribution in [3.05, 3.63) is 89.0 Å². The van der Waals surface area contributed by atoms with Crippen molar-refractivity contribution in [2.24, 2.45) is 0 Å². The summed E-state index contributed by atoms with van der Waals surface area (Å²) >= 11 is 0. The Kier molecular flexibility index (Phi) is 9.06. The molecule has 210 valence electrons. The number of rotatable bonds is 6. The summed E-state index contributed by atoms with van der Waals surface area (Å²) in [5.74, 6) is 6.35. The van der Waals surface area contributed by atoms with Gasteiger partial charge in [-0.3, -0.25) is 4.79 Å². The molecule has 5 N–H and O–H groups in total. The van der Waals surface area contributed by atoms with Crippen molar-refractivity contribution in [2.45, 2.75) is 25.7 Å². The van der Waals surface area contributed by atoms with E-state index in [2.05, 4.69) is 21.8 Å². The molecule has 0 bridgehead atoms. The SMILES string of the molecule is C1CC1.COc1cc(Cc2cnc(N)nc2N)cc(C#Cc2cccc(N(C(=O)O)C(=O)c3ccco3)c2)c1OC. The highest BCUT2D eigenvalue weighted by Crippen LogP contribution is 2.33. The Bertz CT molecular complexity index is 1600. The van der Waals surface area contributed by atoms with Gasteiger partial charge in [0, 0.05) is 23.7 Å². The lowest BCUT2D eigenvalue weighted by molar-refractivity contribution is 0.0956. The average Bonchev–Trinajstić information content (AvgIpc) is 3.75. The maximum absolute atomic E-state index is 12.7. The molecule has 1 aliphatic carbocycles. The van der Waals surface area contributed by atoms with Crippen molar-refractivity contribution in [1.29, 1.82) is 0 Å². The van der Waals surface area contributed by atoms with Gasteiger partial charge in [-0.2, -0.15) is 4.98 Å². The number of methoxy groups -OCH3 is 2. The summed E-state index contributed by atoms with van der Waals surface area (Å²) < 4.78 is 16.1. The predicted octanol–water partition coefficient (Wildman–Crippen LogP) is 4.74. The van der Waals surface area contributed by atoms with Gasteiger partial charge in [-0.15, -0.1) is 0 Å². The number of imide groups is 1. The number of anilines is 3. The summed E-state index contributed by atoms with van der Waals surface area (Å²) in [6, 6.07) is 12.8. The number of nitrogens with two attached hydrogens (primary N) is 2. The molecule has 5 rings (SSSR count). The maximum Gasteiger partial charge on any atom is 0.419 e. The van der Waals surface area contributed by atoms with Crippen LogP contribution in [-0.2, 0) is 6.42 Å². The quantitative estimate of drug-likeness (QED) is 0.283. The molecule has 2 amide bonds. The fraction of sp³-hybridized carbons (Fsp3) is 0.200. The van der Waals surface area contributed by atoms with Crippen LogP contribution in [-0.4, -0.2) is 41.3 Å². The average molecular weight is 556 g/mol. The predicted molar refractivity (Wildman–Crippen MR) is 153 cm³/mol. The molecule has 11 heteroatoms. The van der Waals surface area contributed by atoms with Gasteiger partial charge in [-0.1, -0.05) is 37.2 Å². The van der Waals surface area contributed by atoms with Crippen LogP contribution >= 0.6 is 0 Å². The molecule has 2 aromatic heterocycles. The number of aromatic nitrogens is 2. The molecule has 1 fully saturated rings. The van der Waals surface area contributed by atoms with Gasteiger partial charge in [0.25, 0.3) is 0 Å². The number of hydrogen-bond donors (Lipinski definition) is 3. The second-order valence-corrected chi connectivity index (χ2v) is 8.96. The van der Waals surface area contributed by atoms with E-state index in [0.29, 0.717) is 39.5 Å². The van der Waals surface area contributed by atoms with Crippen molar-refractivity contribution < 1.29 is 28.6 Å². The van der Waals surface area contributed by atoms with Gasteiger partial charge in [0.1, 0.15) is 5.82 Å². The summed E-state index contributed by atoms with van der Waals surface area (Å²) in [5, 5.41) is 9.68. The van der Waals surface area contributed by atoms with Crippen LogP contribution in [0, 0.1) is 11.8 Å². The van der Waals surface area contributed by atoms with E-state index in [-0.39, 0.29) is 23.2 Å². The van der Waals surface area contributed by atoms with E-state index in [4.69, 9.17) is 25.4 Å². The van der Waals surface area contributed by atoms with Crippen molar-refractivity contribution >= 4 is 29.5 Å². The summed E-state index contributed by atoms with van der Waals surface area (Å²) in [7, 11) is 3.01. The number of ether oxygens (including phenoxy) is 2. The van der Waals surface area contributed by atoms with Crippen molar-refractivity contribution in [2.75, 3.05) is 30.6 Å². The Hall–Kier alpha value is -5.50. The van der Waals surface area contributed by atoms with Gasteiger partial charge in [0.15, 0.2) is 17.3 Å². The minimum absolute atomic E-state index is 0.0830. The van der Waals surface area contributed by atoms with E-state index in [9.17, 15) is 14.7 Å². The Labute approximate surface area is 236 Å². The summed E-state index contributed by atoms with van der Waals surface area (Å²) in [6.45, 7) is 0. The first-order valence-electron chi connectivity index (χ1n) is 12.7. The second-order valence-electron chi connectivity index (χ2n) is 8.96.